The Balaban J connectivity index is 2.43. The first-order valence-electron chi connectivity index (χ1n) is 7.98. The summed E-state index contributed by atoms with van der Waals surface area (Å²) < 4.78 is 11.4. The molecule has 0 atom stereocenters. The molecule has 0 aliphatic carbocycles. The molecule has 0 bridgehead atoms. The first-order chi connectivity index (χ1) is 13.0. The first-order valence-corrected chi connectivity index (χ1v) is 7.98. The molecule has 0 amide bonds. The van der Waals surface area contributed by atoms with Crippen LogP contribution >= 0.6 is 0 Å². The van der Waals surface area contributed by atoms with Gasteiger partial charge in [-0.3, -0.25) is 14.2 Å². The van der Waals surface area contributed by atoms with Crippen LogP contribution in [0.15, 0.2) is 58.1 Å². The second kappa shape index (κ2) is 7.28. The number of aromatic nitrogens is 2. The molecule has 0 radical (unpaired) electrons. The maximum absolute atomic E-state index is 13.1. The third-order valence-electron chi connectivity index (χ3n) is 4.12. The number of hydrogen-bond acceptors (Lipinski definition) is 6. The second-order valence-corrected chi connectivity index (χ2v) is 5.61. The minimum atomic E-state index is -0.763. The van der Waals surface area contributed by atoms with Gasteiger partial charge in [0.25, 0.3) is 5.56 Å². The summed E-state index contributed by atoms with van der Waals surface area (Å²) in [7, 11) is 2.41. The number of hydrogen-bond donors (Lipinski definition) is 0. The third-order valence-corrected chi connectivity index (χ3v) is 4.12. The van der Waals surface area contributed by atoms with Crippen molar-refractivity contribution in [2.45, 2.75) is 6.54 Å². The number of esters is 2. The maximum atomic E-state index is 13.1. The Bertz CT molecular complexity index is 1160. The Morgan fingerprint density at radius 2 is 1.59 bits per heavy atom. The number of benzene rings is 2. The lowest BCUT2D eigenvalue weighted by atomic mass is 10.1. The maximum Gasteiger partial charge on any atom is 0.339 e. The van der Waals surface area contributed by atoms with Crippen LogP contribution in [0.4, 0.5) is 0 Å². The summed E-state index contributed by atoms with van der Waals surface area (Å²) in [5, 5.41) is 0.223. The van der Waals surface area contributed by atoms with Crippen LogP contribution in [-0.4, -0.2) is 35.3 Å². The molecule has 0 N–H and O–H groups in total. The van der Waals surface area contributed by atoms with Crippen molar-refractivity contribution in [3.05, 3.63) is 74.9 Å². The molecule has 1 aromatic heterocycles. The van der Waals surface area contributed by atoms with E-state index in [9.17, 15) is 19.2 Å². The molecule has 8 nitrogen and oxygen atoms in total. The van der Waals surface area contributed by atoms with Crippen molar-refractivity contribution in [1.82, 2.24) is 9.13 Å². The van der Waals surface area contributed by atoms with Crippen molar-refractivity contribution in [2.75, 3.05) is 14.2 Å². The quantitative estimate of drug-likeness (QED) is 0.640. The molecule has 2 aromatic carbocycles. The molecule has 3 aromatic rings. The van der Waals surface area contributed by atoms with Gasteiger partial charge in [-0.25, -0.2) is 14.2 Å². The zero-order valence-electron chi connectivity index (χ0n) is 14.7. The van der Waals surface area contributed by atoms with Crippen LogP contribution in [-0.2, 0) is 20.8 Å². The molecule has 3 rings (SSSR count). The molecular weight excluding hydrogens is 352 g/mol. The number of carbonyl (C=O) groups excluding carboxylic acids is 2. The average molecular weight is 368 g/mol. The lowest BCUT2D eigenvalue weighted by Gasteiger charge is -2.15. The minimum Gasteiger partial charge on any atom is -0.468 e. The summed E-state index contributed by atoms with van der Waals surface area (Å²) in [5.41, 5.74) is -0.943. The Hall–Kier alpha value is -3.68. The van der Waals surface area contributed by atoms with Crippen LogP contribution in [0.2, 0.25) is 0 Å². The molecule has 8 heteroatoms. The number of para-hydroxylation sites is 2. The molecule has 0 saturated heterocycles. The predicted octanol–water partition coefficient (Wildman–Crippen LogP) is 1.11. The highest BCUT2D eigenvalue weighted by Crippen LogP contribution is 2.15. The Kier molecular flexibility index (Phi) is 4.89. The fourth-order valence-electron chi connectivity index (χ4n) is 2.83. The number of ether oxygens (including phenoxy) is 2. The zero-order chi connectivity index (χ0) is 19.6. The Morgan fingerprint density at radius 1 is 0.926 bits per heavy atom. The Labute approximate surface area is 153 Å². The second-order valence-electron chi connectivity index (χ2n) is 5.61. The van der Waals surface area contributed by atoms with Gasteiger partial charge in [0.2, 0.25) is 0 Å². The molecule has 0 unspecified atom stereocenters. The number of carbonyl (C=O) groups is 2. The van der Waals surface area contributed by atoms with Crippen LogP contribution < -0.4 is 11.2 Å². The fourth-order valence-corrected chi connectivity index (χ4v) is 2.83. The van der Waals surface area contributed by atoms with Gasteiger partial charge in [-0.2, -0.15) is 0 Å². The van der Waals surface area contributed by atoms with E-state index in [1.54, 1.807) is 36.4 Å². The standard InChI is InChI=1S/C19H16N2O6/c1-26-16(22)11-20-14-9-5-3-7-12(14)17(23)21(19(20)25)15-10-6-4-8-13(15)18(24)27-2/h3-10H,11H2,1-2H3. The number of rotatable bonds is 4. The van der Waals surface area contributed by atoms with E-state index in [0.717, 1.165) is 9.13 Å². The van der Waals surface area contributed by atoms with Gasteiger partial charge in [-0.05, 0) is 24.3 Å². The lowest BCUT2D eigenvalue weighted by Crippen LogP contribution is -2.40. The van der Waals surface area contributed by atoms with Gasteiger partial charge in [-0.15, -0.1) is 0 Å². The molecule has 138 valence electrons. The van der Waals surface area contributed by atoms with Crippen LogP contribution in [0.3, 0.4) is 0 Å². The molecule has 0 saturated carbocycles. The molecular formula is C19H16N2O6. The Morgan fingerprint density at radius 3 is 2.30 bits per heavy atom. The van der Waals surface area contributed by atoms with Gasteiger partial charge in [0.1, 0.15) is 6.54 Å². The van der Waals surface area contributed by atoms with Gasteiger partial charge >= 0.3 is 17.6 Å². The summed E-state index contributed by atoms with van der Waals surface area (Å²) in [5.74, 6) is -1.33. The number of fused-ring (bicyclic) bond motifs is 1. The first kappa shape index (κ1) is 18.1. The molecule has 0 aliphatic rings. The molecule has 0 spiro atoms. The summed E-state index contributed by atoms with van der Waals surface area (Å²) in [6.07, 6.45) is 0. The highest BCUT2D eigenvalue weighted by atomic mass is 16.5. The van der Waals surface area contributed by atoms with Crippen LogP contribution in [0.25, 0.3) is 16.6 Å². The predicted molar refractivity (Wildman–Crippen MR) is 97.2 cm³/mol. The molecule has 1 heterocycles. The third kappa shape index (κ3) is 3.12. The SMILES string of the molecule is COC(=O)Cn1c(=O)n(-c2ccccc2C(=O)OC)c(=O)c2ccccc21. The van der Waals surface area contributed by atoms with Crippen molar-refractivity contribution < 1.29 is 19.1 Å². The van der Waals surface area contributed by atoms with Gasteiger partial charge in [0.15, 0.2) is 0 Å². The van der Waals surface area contributed by atoms with Gasteiger partial charge in [-0.1, -0.05) is 24.3 Å². The molecule has 27 heavy (non-hydrogen) atoms. The van der Waals surface area contributed by atoms with Crippen molar-refractivity contribution >= 4 is 22.8 Å². The van der Waals surface area contributed by atoms with E-state index in [-0.39, 0.29) is 23.2 Å². The van der Waals surface area contributed by atoms with E-state index in [4.69, 9.17) is 4.74 Å². The molecule has 0 aliphatic heterocycles. The van der Waals surface area contributed by atoms with Crippen LogP contribution in [0.1, 0.15) is 10.4 Å². The smallest absolute Gasteiger partial charge is 0.339 e. The van der Waals surface area contributed by atoms with Gasteiger partial charge in [0, 0.05) is 0 Å². The van der Waals surface area contributed by atoms with E-state index in [2.05, 4.69) is 4.74 Å². The van der Waals surface area contributed by atoms with E-state index < -0.39 is 23.2 Å². The summed E-state index contributed by atoms with van der Waals surface area (Å²) in [6.45, 7) is -0.378. The van der Waals surface area contributed by atoms with Crippen LogP contribution in [0.5, 0.6) is 0 Å². The number of nitrogens with zero attached hydrogens (tertiary/aromatic N) is 2. The van der Waals surface area contributed by atoms with Gasteiger partial charge < -0.3 is 9.47 Å². The monoisotopic (exact) mass is 368 g/mol. The van der Waals surface area contributed by atoms with Crippen molar-refractivity contribution in [3.8, 4) is 5.69 Å². The fraction of sp³-hybridized carbons (Fsp3) is 0.158. The van der Waals surface area contributed by atoms with E-state index in [1.165, 1.54) is 26.4 Å². The largest absolute Gasteiger partial charge is 0.468 e. The molecule has 0 fully saturated rings. The summed E-state index contributed by atoms with van der Waals surface area (Å²) in [6, 6.07) is 12.5. The summed E-state index contributed by atoms with van der Waals surface area (Å²) in [4.78, 5) is 50.0. The van der Waals surface area contributed by atoms with E-state index in [0.29, 0.717) is 5.52 Å². The normalized spacial score (nSPS) is 10.6. The van der Waals surface area contributed by atoms with Gasteiger partial charge in [0.05, 0.1) is 36.4 Å². The van der Waals surface area contributed by atoms with Crippen molar-refractivity contribution in [3.63, 3.8) is 0 Å². The van der Waals surface area contributed by atoms with E-state index in [1.807, 2.05) is 0 Å². The van der Waals surface area contributed by atoms with Crippen LogP contribution in [0, 0.1) is 0 Å². The van der Waals surface area contributed by atoms with E-state index >= 15 is 0 Å². The highest BCUT2D eigenvalue weighted by molar-refractivity contribution is 5.93. The minimum absolute atomic E-state index is 0.0547. The zero-order valence-corrected chi connectivity index (χ0v) is 14.7. The van der Waals surface area contributed by atoms with Crippen molar-refractivity contribution in [2.24, 2.45) is 0 Å². The lowest BCUT2D eigenvalue weighted by molar-refractivity contribution is -0.141. The highest BCUT2D eigenvalue weighted by Gasteiger charge is 2.20. The topological polar surface area (TPSA) is 96.6 Å². The average Bonchev–Trinajstić information content (AvgIpc) is 2.70. The number of methoxy groups -OCH3 is 2. The van der Waals surface area contributed by atoms with Crippen molar-refractivity contribution in [1.29, 1.82) is 0 Å². The summed E-state index contributed by atoms with van der Waals surface area (Å²) >= 11 is 0.